The maximum Gasteiger partial charge on any atom is 0.310 e. The summed E-state index contributed by atoms with van der Waals surface area (Å²) in [7, 11) is 0. The minimum atomic E-state index is -0.254. The van der Waals surface area contributed by atoms with Gasteiger partial charge in [-0.25, -0.2) is 0 Å². The number of anilines is 1. The Morgan fingerprint density at radius 1 is 1.25 bits per heavy atom. The lowest BCUT2D eigenvalue weighted by atomic mass is 10.1. The minimum Gasteiger partial charge on any atom is -0.426 e. The molecule has 0 fully saturated rings. The van der Waals surface area contributed by atoms with Crippen LogP contribution in [0.25, 0.3) is 10.8 Å². The largest absolute Gasteiger partial charge is 0.426 e. The minimum absolute atomic E-state index is 0.254. The maximum absolute atomic E-state index is 11.3. The van der Waals surface area contributed by atoms with Gasteiger partial charge in [-0.2, -0.15) is 0 Å². The lowest BCUT2D eigenvalue weighted by Crippen LogP contribution is -2.06. The molecular weight excluding hydrogens is 202 g/mol. The Balaban J connectivity index is 2.56. The summed E-state index contributed by atoms with van der Waals surface area (Å²) in [4.78, 5) is 11.3. The molecular formula is C13H13NO2. The summed E-state index contributed by atoms with van der Waals surface area (Å²) >= 11 is 0. The van der Waals surface area contributed by atoms with Crippen LogP contribution in [-0.2, 0) is 4.79 Å². The van der Waals surface area contributed by atoms with Crippen LogP contribution in [0.4, 0.5) is 5.69 Å². The number of rotatable bonds is 2. The van der Waals surface area contributed by atoms with Gasteiger partial charge < -0.3 is 10.5 Å². The van der Waals surface area contributed by atoms with Crippen molar-refractivity contribution in [3.8, 4) is 5.75 Å². The Hall–Kier alpha value is -2.03. The molecule has 0 heterocycles. The number of hydrogen-bond acceptors (Lipinski definition) is 3. The number of carbonyl (C=O) groups excluding carboxylic acids is 1. The Morgan fingerprint density at radius 2 is 1.94 bits per heavy atom. The van der Waals surface area contributed by atoms with E-state index in [1.165, 1.54) is 0 Å². The van der Waals surface area contributed by atoms with Crippen LogP contribution in [0.1, 0.15) is 13.3 Å². The van der Waals surface area contributed by atoms with Crippen molar-refractivity contribution >= 4 is 22.4 Å². The first kappa shape index (κ1) is 10.5. The standard InChI is InChI=1S/C13H13NO2/c1-2-12(15)16-11-8-4-6-9-5-3-7-10(14)13(9)11/h3-8H,2,14H2,1H3. The zero-order valence-electron chi connectivity index (χ0n) is 9.07. The third kappa shape index (κ3) is 1.84. The zero-order valence-corrected chi connectivity index (χ0v) is 9.07. The van der Waals surface area contributed by atoms with Gasteiger partial charge in [-0.3, -0.25) is 4.79 Å². The number of nitrogen functional groups attached to an aromatic ring is 1. The molecule has 0 saturated carbocycles. The molecule has 2 aromatic carbocycles. The summed E-state index contributed by atoms with van der Waals surface area (Å²) in [6, 6.07) is 11.2. The fourth-order valence-corrected chi connectivity index (χ4v) is 1.61. The van der Waals surface area contributed by atoms with Crippen molar-refractivity contribution in [3.63, 3.8) is 0 Å². The maximum atomic E-state index is 11.3. The van der Waals surface area contributed by atoms with E-state index in [-0.39, 0.29) is 5.97 Å². The van der Waals surface area contributed by atoms with Crippen LogP contribution in [0.5, 0.6) is 5.75 Å². The van der Waals surface area contributed by atoms with E-state index in [2.05, 4.69) is 0 Å². The summed E-state index contributed by atoms with van der Waals surface area (Å²) < 4.78 is 5.24. The summed E-state index contributed by atoms with van der Waals surface area (Å²) in [6.07, 6.45) is 0.350. The van der Waals surface area contributed by atoms with Crippen molar-refractivity contribution in [3.05, 3.63) is 36.4 Å². The molecule has 0 aliphatic rings. The highest BCUT2D eigenvalue weighted by molar-refractivity contribution is 5.98. The molecule has 3 heteroatoms. The smallest absolute Gasteiger partial charge is 0.310 e. The zero-order chi connectivity index (χ0) is 11.5. The summed E-state index contributed by atoms with van der Waals surface area (Å²) in [5.74, 6) is 0.276. The quantitative estimate of drug-likeness (QED) is 0.476. The second-order valence-corrected chi connectivity index (χ2v) is 3.53. The van der Waals surface area contributed by atoms with Crippen molar-refractivity contribution in [2.24, 2.45) is 0 Å². The highest BCUT2D eigenvalue weighted by Crippen LogP contribution is 2.30. The SMILES string of the molecule is CCC(=O)Oc1cccc2cccc(N)c12. The number of hydrogen-bond donors (Lipinski definition) is 1. The van der Waals surface area contributed by atoms with Crippen molar-refractivity contribution in [2.45, 2.75) is 13.3 Å². The van der Waals surface area contributed by atoms with Crippen molar-refractivity contribution in [1.82, 2.24) is 0 Å². The molecule has 3 nitrogen and oxygen atoms in total. The summed E-state index contributed by atoms with van der Waals surface area (Å²) in [6.45, 7) is 1.76. The number of fused-ring (bicyclic) bond motifs is 1. The summed E-state index contributed by atoms with van der Waals surface area (Å²) in [5.41, 5.74) is 6.51. The van der Waals surface area contributed by atoms with Gasteiger partial charge in [0.1, 0.15) is 5.75 Å². The predicted octanol–water partition coefficient (Wildman–Crippen LogP) is 2.74. The number of carbonyl (C=O) groups is 1. The fourth-order valence-electron chi connectivity index (χ4n) is 1.61. The molecule has 0 aliphatic carbocycles. The van der Waals surface area contributed by atoms with E-state index in [1.54, 1.807) is 19.1 Å². The number of benzene rings is 2. The topological polar surface area (TPSA) is 52.3 Å². The van der Waals surface area contributed by atoms with Gasteiger partial charge >= 0.3 is 5.97 Å². The Kier molecular flexibility index (Phi) is 2.77. The van der Waals surface area contributed by atoms with Crippen LogP contribution in [-0.4, -0.2) is 5.97 Å². The van der Waals surface area contributed by atoms with Crippen molar-refractivity contribution < 1.29 is 9.53 Å². The summed E-state index contributed by atoms with van der Waals surface area (Å²) in [5, 5.41) is 1.77. The van der Waals surface area contributed by atoms with E-state index in [9.17, 15) is 4.79 Å². The first-order valence-corrected chi connectivity index (χ1v) is 5.20. The predicted molar refractivity (Wildman–Crippen MR) is 64.3 cm³/mol. The molecule has 16 heavy (non-hydrogen) atoms. The lowest BCUT2D eigenvalue weighted by molar-refractivity contribution is -0.133. The second-order valence-electron chi connectivity index (χ2n) is 3.53. The molecule has 2 N–H and O–H groups in total. The van der Waals surface area contributed by atoms with Crippen LogP contribution in [0.15, 0.2) is 36.4 Å². The van der Waals surface area contributed by atoms with E-state index in [4.69, 9.17) is 10.5 Å². The van der Waals surface area contributed by atoms with Gasteiger partial charge in [-0.15, -0.1) is 0 Å². The number of esters is 1. The molecule has 0 amide bonds. The molecule has 0 aliphatic heterocycles. The van der Waals surface area contributed by atoms with Gasteiger partial charge in [0.25, 0.3) is 0 Å². The third-order valence-electron chi connectivity index (χ3n) is 2.41. The van der Waals surface area contributed by atoms with Crippen LogP contribution >= 0.6 is 0 Å². The molecule has 2 aromatic rings. The van der Waals surface area contributed by atoms with E-state index >= 15 is 0 Å². The highest BCUT2D eigenvalue weighted by atomic mass is 16.5. The van der Waals surface area contributed by atoms with Gasteiger partial charge in [0.15, 0.2) is 0 Å². The average molecular weight is 215 g/mol. The normalized spacial score (nSPS) is 10.3. The van der Waals surface area contributed by atoms with Crippen LogP contribution in [0.3, 0.4) is 0 Å². The molecule has 0 radical (unpaired) electrons. The van der Waals surface area contributed by atoms with Crippen molar-refractivity contribution in [1.29, 1.82) is 0 Å². The molecule has 0 atom stereocenters. The highest BCUT2D eigenvalue weighted by Gasteiger charge is 2.08. The van der Waals surface area contributed by atoms with E-state index in [0.29, 0.717) is 17.9 Å². The second kappa shape index (κ2) is 4.23. The van der Waals surface area contributed by atoms with Gasteiger partial charge in [-0.1, -0.05) is 31.2 Å². The van der Waals surface area contributed by atoms with Gasteiger partial charge in [0.05, 0.1) is 0 Å². The molecule has 0 bridgehead atoms. The molecule has 0 spiro atoms. The molecule has 0 unspecified atom stereocenters. The van der Waals surface area contributed by atoms with Crippen LogP contribution in [0, 0.1) is 0 Å². The lowest BCUT2D eigenvalue weighted by Gasteiger charge is -2.08. The third-order valence-corrected chi connectivity index (χ3v) is 2.41. The van der Waals surface area contributed by atoms with E-state index in [0.717, 1.165) is 10.8 Å². The average Bonchev–Trinajstić information content (AvgIpc) is 2.29. The van der Waals surface area contributed by atoms with Gasteiger partial charge in [0, 0.05) is 17.5 Å². The first-order chi connectivity index (χ1) is 7.72. The van der Waals surface area contributed by atoms with Gasteiger partial charge in [-0.05, 0) is 17.5 Å². The molecule has 82 valence electrons. The van der Waals surface area contributed by atoms with Crippen LogP contribution < -0.4 is 10.5 Å². The Bertz CT molecular complexity index is 529. The van der Waals surface area contributed by atoms with Crippen LogP contribution in [0.2, 0.25) is 0 Å². The van der Waals surface area contributed by atoms with Gasteiger partial charge in [0.2, 0.25) is 0 Å². The fraction of sp³-hybridized carbons (Fsp3) is 0.154. The molecule has 0 saturated heterocycles. The van der Waals surface area contributed by atoms with E-state index in [1.807, 2.05) is 24.3 Å². The number of nitrogens with two attached hydrogens (primary N) is 1. The Morgan fingerprint density at radius 3 is 2.62 bits per heavy atom. The monoisotopic (exact) mass is 215 g/mol. The van der Waals surface area contributed by atoms with E-state index < -0.39 is 0 Å². The number of ether oxygens (including phenoxy) is 1. The Labute approximate surface area is 93.8 Å². The van der Waals surface area contributed by atoms with Crippen molar-refractivity contribution in [2.75, 3.05) is 5.73 Å². The first-order valence-electron chi connectivity index (χ1n) is 5.20. The molecule has 2 rings (SSSR count). The molecule has 0 aromatic heterocycles.